The molecule has 2 N–H and O–H groups in total. The van der Waals surface area contributed by atoms with Crippen molar-refractivity contribution in [3.8, 4) is 11.4 Å². The predicted octanol–water partition coefficient (Wildman–Crippen LogP) is 2.96. The molecule has 8 nitrogen and oxygen atoms in total. The molecule has 3 rings (SSSR count). The number of carbonyl (C=O) groups excluding carboxylic acids is 2. The number of aromatic nitrogens is 4. The zero-order chi connectivity index (χ0) is 19.9. The van der Waals surface area contributed by atoms with Crippen LogP contribution in [0, 0.1) is 0 Å². The number of hydrogen-bond donors (Lipinski definition) is 2. The number of thioether (sulfide) groups is 1. The fourth-order valence-corrected chi connectivity index (χ4v) is 3.12. The molecule has 0 fully saturated rings. The molecule has 0 bridgehead atoms. The van der Waals surface area contributed by atoms with E-state index in [0.29, 0.717) is 23.0 Å². The highest BCUT2D eigenvalue weighted by Gasteiger charge is 2.13. The Balaban J connectivity index is 1.55. The standard InChI is InChI=1S/C19H20N6O2S/c1-3-16(26)21-14-4-6-15(7-5-14)22-17(27)12-28-19-24-23-18(25(19)2)13-8-10-20-11-9-13/h4-11H,3,12H2,1-2H3,(H,21,26)(H,22,27). The van der Waals surface area contributed by atoms with Crippen LogP contribution in [0.25, 0.3) is 11.4 Å². The summed E-state index contributed by atoms with van der Waals surface area (Å²) < 4.78 is 1.85. The summed E-state index contributed by atoms with van der Waals surface area (Å²) in [5.74, 6) is 0.721. The highest BCUT2D eigenvalue weighted by atomic mass is 32.2. The second-order valence-corrected chi connectivity index (χ2v) is 6.86. The number of hydrogen-bond acceptors (Lipinski definition) is 6. The Morgan fingerprint density at radius 1 is 0.964 bits per heavy atom. The first-order valence-corrected chi connectivity index (χ1v) is 9.67. The second-order valence-electron chi connectivity index (χ2n) is 5.92. The van der Waals surface area contributed by atoms with E-state index in [4.69, 9.17) is 0 Å². The third-order valence-corrected chi connectivity index (χ3v) is 4.90. The van der Waals surface area contributed by atoms with Crippen molar-refractivity contribution in [3.05, 3.63) is 48.8 Å². The lowest BCUT2D eigenvalue weighted by molar-refractivity contribution is -0.116. The van der Waals surface area contributed by atoms with Crippen molar-refractivity contribution >= 4 is 35.0 Å². The topological polar surface area (TPSA) is 102 Å². The number of anilines is 2. The average Bonchev–Trinajstić information content (AvgIpc) is 3.09. The maximum absolute atomic E-state index is 12.2. The van der Waals surface area contributed by atoms with E-state index in [1.54, 1.807) is 43.6 Å². The molecule has 2 amide bonds. The molecular weight excluding hydrogens is 376 g/mol. The Hall–Kier alpha value is -3.20. The largest absolute Gasteiger partial charge is 0.326 e. The first kappa shape index (κ1) is 19.6. The zero-order valence-electron chi connectivity index (χ0n) is 15.5. The Kier molecular flexibility index (Phi) is 6.38. The van der Waals surface area contributed by atoms with Crippen LogP contribution >= 0.6 is 11.8 Å². The lowest BCUT2D eigenvalue weighted by Crippen LogP contribution is -2.14. The molecule has 144 valence electrons. The van der Waals surface area contributed by atoms with Gasteiger partial charge in [-0.15, -0.1) is 10.2 Å². The molecule has 0 saturated heterocycles. The molecule has 0 saturated carbocycles. The van der Waals surface area contributed by atoms with Crippen molar-refractivity contribution in [2.24, 2.45) is 7.05 Å². The predicted molar refractivity (Wildman–Crippen MR) is 109 cm³/mol. The van der Waals surface area contributed by atoms with Gasteiger partial charge in [0.05, 0.1) is 5.75 Å². The zero-order valence-corrected chi connectivity index (χ0v) is 16.4. The Morgan fingerprint density at radius 2 is 1.57 bits per heavy atom. The van der Waals surface area contributed by atoms with Crippen LogP contribution < -0.4 is 10.6 Å². The first-order chi connectivity index (χ1) is 13.6. The minimum atomic E-state index is -0.149. The lowest BCUT2D eigenvalue weighted by atomic mass is 10.2. The molecule has 2 aromatic heterocycles. The number of nitrogens with one attached hydrogen (secondary N) is 2. The number of carbonyl (C=O) groups is 2. The lowest BCUT2D eigenvalue weighted by Gasteiger charge is -2.07. The van der Waals surface area contributed by atoms with Gasteiger partial charge in [-0.05, 0) is 36.4 Å². The molecule has 0 spiro atoms. The van der Waals surface area contributed by atoms with Gasteiger partial charge in [0.15, 0.2) is 11.0 Å². The first-order valence-electron chi connectivity index (χ1n) is 8.69. The molecule has 2 heterocycles. The number of rotatable bonds is 7. The number of amides is 2. The summed E-state index contributed by atoms with van der Waals surface area (Å²) >= 11 is 1.31. The molecule has 0 radical (unpaired) electrons. The van der Waals surface area contributed by atoms with Gasteiger partial charge in [-0.1, -0.05) is 18.7 Å². The SMILES string of the molecule is CCC(=O)Nc1ccc(NC(=O)CSc2nnc(-c3ccncc3)n2C)cc1. The van der Waals surface area contributed by atoms with Crippen LogP contribution in [0.3, 0.4) is 0 Å². The summed E-state index contributed by atoms with van der Waals surface area (Å²) in [6.07, 6.45) is 3.81. The normalized spacial score (nSPS) is 10.5. The van der Waals surface area contributed by atoms with Crippen molar-refractivity contribution in [1.29, 1.82) is 0 Å². The van der Waals surface area contributed by atoms with E-state index >= 15 is 0 Å². The molecule has 0 aliphatic carbocycles. The minimum Gasteiger partial charge on any atom is -0.326 e. The second kappa shape index (κ2) is 9.14. The maximum atomic E-state index is 12.2. The Labute approximate surface area is 166 Å². The van der Waals surface area contributed by atoms with Gasteiger partial charge in [-0.3, -0.25) is 14.6 Å². The van der Waals surface area contributed by atoms with Crippen LogP contribution in [-0.2, 0) is 16.6 Å². The van der Waals surface area contributed by atoms with E-state index in [1.807, 2.05) is 23.7 Å². The molecular formula is C19H20N6O2S. The number of benzene rings is 1. The van der Waals surface area contributed by atoms with E-state index < -0.39 is 0 Å². The van der Waals surface area contributed by atoms with Crippen LogP contribution in [0.4, 0.5) is 11.4 Å². The van der Waals surface area contributed by atoms with Crippen LogP contribution in [0.1, 0.15) is 13.3 Å². The van der Waals surface area contributed by atoms with E-state index in [0.717, 1.165) is 11.4 Å². The van der Waals surface area contributed by atoms with E-state index in [2.05, 4.69) is 25.8 Å². The van der Waals surface area contributed by atoms with E-state index in [-0.39, 0.29) is 17.6 Å². The average molecular weight is 396 g/mol. The summed E-state index contributed by atoms with van der Waals surface area (Å²) in [5.41, 5.74) is 2.27. The molecule has 0 aliphatic heterocycles. The number of nitrogens with zero attached hydrogens (tertiary/aromatic N) is 4. The third kappa shape index (κ3) is 4.95. The maximum Gasteiger partial charge on any atom is 0.234 e. The van der Waals surface area contributed by atoms with Crippen molar-refractivity contribution < 1.29 is 9.59 Å². The van der Waals surface area contributed by atoms with Crippen molar-refractivity contribution in [1.82, 2.24) is 19.7 Å². The summed E-state index contributed by atoms with van der Waals surface area (Å²) in [6, 6.07) is 10.7. The molecule has 0 atom stereocenters. The summed E-state index contributed by atoms with van der Waals surface area (Å²) in [5, 5.41) is 14.6. The fraction of sp³-hybridized carbons (Fsp3) is 0.211. The van der Waals surface area contributed by atoms with E-state index in [9.17, 15) is 9.59 Å². The van der Waals surface area contributed by atoms with Crippen LogP contribution in [0.15, 0.2) is 53.9 Å². The molecule has 9 heteroatoms. The number of pyridine rings is 1. The molecule has 28 heavy (non-hydrogen) atoms. The van der Waals surface area contributed by atoms with Gasteiger partial charge in [0.25, 0.3) is 0 Å². The smallest absolute Gasteiger partial charge is 0.234 e. The van der Waals surface area contributed by atoms with Crippen molar-refractivity contribution in [2.75, 3.05) is 16.4 Å². The van der Waals surface area contributed by atoms with Crippen LogP contribution in [0.5, 0.6) is 0 Å². The highest BCUT2D eigenvalue weighted by Crippen LogP contribution is 2.22. The molecule has 1 aromatic carbocycles. The fourth-order valence-electron chi connectivity index (χ4n) is 2.41. The Bertz CT molecular complexity index is 956. The molecule has 0 unspecified atom stereocenters. The van der Waals surface area contributed by atoms with Crippen molar-refractivity contribution in [3.63, 3.8) is 0 Å². The van der Waals surface area contributed by atoms with Crippen LogP contribution in [0.2, 0.25) is 0 Å². The van der Waals surface area contributed by atoms with E-state index in [1.165, 1.54) is 11.8 Å². The quantitative estimate of drug-likeness (QED) is 0.596. The minimum absolute atomic E-state index is 0.0528. The Morgan fingerprint density at radius 3 is 2.18 bits per heavy atom. The van der Waals surface area contributed by atoms with Gasteiger partial charge in [0.2, 0.25) is 11.8 Å². The van der Waals surface area contributed by atoms with Gasteiger partial charge in [0, 0.05) is 42.8 Å². The third-order valence-electron chi connectivity index (χ3n) is 3.88. The monoisotopic (exact) mass is 396 g/mol. The highest BCUT2D eigenvalue weighted by molar-refractivity contribution is 7.99. The molecule has 0 aliphatic rings. The summed E-state index contributed by atoms with van der Waals surface area (Å²) in [6.45, 7) is 1.79. The van der Waals surface area contributed by atoms with Gasteiger partial charge >= 0.3 is 0 Å². The van der Waals surface area contributed by atoms with Gasteiger partial charge in [-0.25, -0.2) is 0 Å². The van der Waals surface area contributed by atoms with Gasteiger partial charge < -0.3 is 15.2 Å². The summed E-state index contributed by atoms with van der Waals surface area (Å²) in [7, 11) is 1.86. The van der Waals surface area contributed by atoms with Crippen molar-refractivity contribution in [2.45, 2.75) is 18.5 Å². The molecule has 3 aromatic rings. The summed E-state index contributed by atoms with van der Waals surface area (Å²) in [4.78, 5) is 27.6. The van der Waals surface area contributed by atoms with Gasteiger partial charge in [-0.2, -0.15) is 0 Å². The van der Waals surface area contributed by atoms with Crippen LogP contribution in [-0.4, -0.2) is 37.3 Å². The van der Waals surface area contributed by atoms with Gasteiger partial charge in [0.1, 0.15) is 0 Å².